The van der Waals surface area contributed by atoms with Crippen molar-refractivity contribution >= 4 is 19.9 Å². The molecule has 1 heterocycles. The van der Waals surface area contributed by atoms with E-state index < -0.39 is 29.9 Å². The van der Waals surface area contributed by atoms with Crippen LogP contribution in [0.5, 0.6) is 0 Å². The van der Waals surface area contributed by atoms with Gasteiger partial charge in [0.1, 0.15) is 0 Å². The second-order valence-electron chi connectivity index (χ2n) is 5.01. The second kappa shape index (κ2) is 4.83. The Morgan fingerprint density at radius 2 is 1.88 bits per heavy atom. The Balaban J connectivity index is 2.68. The first kappa shape index (κ1) is 14.9. The summed E-state index contributed by atoms with van der Waals surface area (Å²) in [6.45, 7) is 4.04. The molecule has 1 unspecified atom stereocenters. The third kappa shape index (κ3) is 3.64. The minimum Gasteiger partial charge on any atom is -0.315 e. The quantitative estimate of drug-likeness (QED) is 0.682. The number of hydrogen-bond donors (Lipinski definition) is 2. The van der Waals surface area contributed by atoms with Crippen molar-refractivity contribution in [3.8, 4) is 0 Å². The fourth-order valence-electron chi connectivity index (χ4n) is 1.42. The van der Waals surface area contributed by atoms with Crippen LogP contribution in [0.3, 0.4) is 0 Å². The molecule has 102 valence electrons. The minimum atomic E-state index is -3.43. The topological polar surface area (TPSA) is 92.3 Å². The van der Waals surface area contributed by atoms with Gasteiger partial charge in [-0.3, -0.25) is 0 Å². The van der Waals surface area contributed by atoms with E-state index in [-0.39, 0.29) is 6.54 Å². The van der Waals surface area contributed by atoms with Crippen LogP contribution in [-0.2, 0) is 19.9 Å². The zero-order chi connectivity index (χ0) is 13.3. The first-order valence-electron chi connectivity index (χ1n) is 5.45. The molecule has 1 saturated heterocycles. The average molecular weight is 284 g/mol. The van der Waals surface area contributed by atoms with Crippen molar-refractivity contribution in [1.29, 1.82) is 0 Å². The van der Waals surface area contributed by atoms with Crippen LogP contribution in [0.1, 0.15) is 20.3 Å². The van der Waals surface area contributed by atoms with Gasteiger partial charge < -0.3 is 5.32 Å². The molecule has 0 bridgehead atoms. The van der Waals surface area contributed by atoms with Crippen molar-refractivity contribution in [2.45, 2.75) is 30.3 Å². The van der Waals surface area contributed by atoms with E-state index in [0.717, 1.165) is 6.26 Å². The van der Waals surface area contributed by atoms with Gasteiger partial charge in [0.25, 0.3) is 0 Å². The summed E-state index contributed by atoms with van der Waals surface area (Å²) in [6.07, 6.45) is 1.67. The van der Waals surface area contributed by atoms with E-state index in [1.165, 1.54) is 13.8 Å². The van der Waals surface area contributed by atoms with Gasteiger partial charge in [0.05, 0.1) is 10.00 Å². The Morgan fingerprint density at radius 3 is 2.29 bits per heavy atom. The average Bonchev–Trinajstić information content (AvgIpc) is 2.66. The van der Waals surface area contributed by atoms with Crippen LogP contribution >= 0.6 is 0 Å². The fourth-order valence-corrected chi connectivity index (χ4v) is 3.41. The highest BCUT2D eigenvalue weighted by atomic mass is 32.2. The third-order valence-corrected chi connectivity index (χ3v) is 7.14. The van der Waals surface area contributed by atoms with Crippen molar-refractivity contribution in [3.63, 3.8) is 0 Å². The molecule has 0 aliphatic carbocycles. The molecule has 0 amide bonds. The standard InChI is InChI=1S/C9H20N2O4S2/c1-9(2,16(3,12)13)7-11-17(14,15)8-4-5-10-6-8/h8,10-11H,4-7H2,1-3H3. The summed E-state index contributed by atoms with van der Waals surface area (Å²) in [4.78, 5) is 0. The van der Waals surface area contributed by atoms with E-state index in [4.69, 9.17) is 0 Å². The van der Waals surface area contributed by atoms with E-state index >= 15 is 0 Å². The van der Waals surface area contributed by atoms with Crippen molar-refractivity contribution in [1.82, 2.24) is 10.0 Å². The largest absolute Gasteiger partial charge is 0.315 e. The summed E-state index contributed by atoms with van der Waals surface area (Å²) < 4.78 is 47.9. The summed E-state index contributed by atoms with van der Waals surface area (Å²) >= 11 is 0. The lowest BCUT2D eigenvalue weighted by Crippen LogP contribution is -2.46. The van der Waals surface area contributed by atoms with Crippen molar-refractivity contribution in [2.24, 2.45) is 0 Å². The van der Waals surface area contributed by atoms with E-state index in [2.05, 4.69) is 10.0 Å². The molecule has 8 heteroatoms. The highest BCUT2D eigenvalue weighted by molar-refractivity contribution is 7.92. The predicted octanol–water partition coefficient (Wildman–Crippen LogP) is -0.909. The number of nitrogens with one attached hydrogen (secondary N) is 2. The molecule has 1 aliphatic heterocycles. The maximum Gasteiger partial charge on any atom is 0.215 e. The third-order valence-electron chi connectivity index (χ3n) is 3.16. The van der Waals surface area contributed by atoms with Gasteiger partial charge in [-0.25, -0.2) is 21.6 Å². The monoisotopic (exact) mass is 284 g/mol. The Bertz CT molecular complexity index is 461. The summed E-state index contributed by atoms with van der Waals surface area (Å²) in [6, 6.07) is 0. The maximum atomic E-state index is 11.9. The number of rotatable bonds is 5. The molecule has 1 aliphatic rings. The molecule has 1 rings (SSSR count). The predicted molar refractivity (Wildman–Crippen MR) is 67.1 cm³/mol. The minimum absolute atomic E-state index is 0.0926. The lowest BCUT2D eigenvalue weighted by atomic mass is 10.2. The molecule has 1 fully saturated rings. The maximum absolute atomic E-state index is 11.9. The van der Waals surface area contributed by atoms with Crippen LogP contribution in [0.25, 0.3) is 0 Å². The van der Waals surface area contributed by atoms with Gasteiger partial charge in [0.15, 0.2) is 9.84 Å². The van der Waals surface area contributed by atoms with E-state index in [1.807, 2.05) is 0 Å². The number of hydrogen-bond acceptors (Lipinski definition) is 5. The zero-order valence-electron chi connectivity index (χ0n) is 10.4. The number of sulfone groups is 1. The molecule has 17 heavy (non-hydrogen) atoms. The molecule has 0 radical (unpaired) electrons. The molecule has 0 saturated carbocycles. The van der Waals surface area contributed by atoms with Gasteiger partial charge in [-0.05, 0) is 26.8 Å². The normalized spacial score (nSPS) is 22.9. The lowest BCUT2D eigenvalue weighted by molar-refractivity contribution is 0.532. The molecule has 0 spiro atoms. The Labute approximate surface area is 103 Å². The molecule has 0 aromatic carbocycles. The van der Waals surface area contributed by atoms with Crippen LogP contribution in [-0.4, -0.2) is 52.7 Å². The van der Waals surface area contributed by atoms with Gasteiger partial charge >= 0.3 is 0 Å². The van der Waals surface area contributed by atoms with Gasteiger partial charge in [-0.1, -0.05) is 0 Å². The summed E-state index contributed by atoms with van der Waals surface area (Å²) in [5.74, 6) is 0. The van der Waals surface area contributed by atoms with Gasteiger partial charge in [-0.15, -0.1) is 0 Å². The second-order valence-corrected chi connectivity index (χ2v) is 9.71. The molecule has 2 N–H and O–H groups in total. The van der Waals surface area contributed by atoms with Crippen molar-refractivity contribution < 1.29 is 16.8 Å². The highest BCUT2D eigenvalue weighted by Gasteiger charge is 2.34. The van der Waals surface area contributed by atoms with Gasteiger partial charge in [-0.2, -0.15) is 0 Å². The van der Waals surface area contributed by atoms with E-state index in [0.29, 0.717) is 19.5 Å². The Morgan fingerprint density at radius 1 is 1.29 bits per heavy atom. The summed E-state index contributed by atoms with van der Waals surface area (Å²) in [7, 11) is -6.72. The fraction of sp³-hybridized carbons (Fsp3) is 1.00. The molecule has 1 atom stereocenters. The highest BCUT2D eigenvalue weighted by Crippen LogP contribution is 2.15. The van der Waals surface area contributed by atoms with Crippen LogP contribution in [0.2, 0.25) is 0 Å². The smallest absolute Gasteiger partial charge is 0.215 e. The zero-order valence-corrected chi connectivity index (χ0v) is 12.0. The van der Waals surface area contributed by atoms with E-state index in [9.17, 15) is 16.8 Å². The Hall–Kier alpha value is -0.180. The van der Waals surface area contributed by atoms with Gasteiger partial charge in [0.2, 0.25) is 10.0 Å². The first-order chi connectivity index (χ1) is 7.56. The number of sulfonamides is 1. The van der Waals surface area contributed by atoms with Gasteiger partial charge in [0, 0.05) is 19.3 Å². The van der Waals surface area contributed by atoms with Crippen LogP contribution in [0, 0.1) is 0 Å². The summed E-state index contributed by atoms with van der Waals surface area (Å²) in [5.41, 5.74) is 0. The van der Waals surface area contributed by atoms with Crippen LogP contribution in [0.15, 0.2) is 0 Å². The summed E-state index contributed by atoms with van der Waals surface area (Å²) in [5, 5.41) is 2.51. The van der Waals surface area contributed by atoms with Crippen LogP contribution < -0.4 is 10.0 Å². The lowest BCUT2D eigenvalue weighted by Gasteiger charge is -2.23. The van der Waals surface area contributed by atoms with E-state index in [1.54, 1.807) is 0 Å². The van der Waals surface area contributed by atoms with Crippen LogP contribution in [0.4, 0.5) is 0 Å². The van der Waals surface area contributed by atoms with Crippen molar-refractivity contribution in [3.05, 3.63) is 0 Å². The molecular formula is C9H20N2O4S2. The SMILES string of the molecule is CC(C)(CNS(=O)(=O)C1CCNC1)S(C)(=O)=O. The van der Waals surface area contributed by atoms with Crippen molar-refractivity contribution in [2.75, 3.05) is 25.9 Å². The molecular weight excluding hydrogens is 264 g/mol. The molecule has 0 aromatic heterocycles. The first-order valence-corrected chi connectivity index (χ1v) is 8.89. The molecule has 6 nitrogen and oxygen atoms in total. The Kier molecular flexibility index (Phi) is 4.23. The molecule has 0 aromatic rings.